The normalized spacial score (nSPS) is 10.3. The Labute approximate surface area is 168 Å². The number of hydrogen-bond acceptors (Lipinski definition) is 7. The molecule has 0 radical (unpaired) electrons. The third kappa shape index (κ3) is 5.35. The molecule has 2 heterocycles. The van der Waals surface area contributed by atoms with Gasteiger partial charge in [0.2, 0.25) is 0 Å². The molecule has 3 rings (SSSR count). The summed E-state index contributed by atoms with van der Waals surface area (Å²) in [5.41, 5.74) is 1.81. The Kier molecular flexibility index (Phi) is 6.47. The van der Waals surface area contributed by atoms with Crippen molar-refractivity contribution in [1.82, 2.24) is 15.0 Å². The molecule has 0 bridgehead atoms. The minimum Gasteiger partial charge on any atom is -0.462 e. The molecule has 0 saturated heterocycles. The van der Waals surface area contributed by atoms with Gasteiger partial charge < -0.3 is 15.4 Å². The lowest BCUT2D eigenvalue weighted by molar-refractivity contribution is 0.0527. The Balaban J connectivity index is 1.76. The fraction of sp³-hybridized carbons (Fsp3) is 0.190. The van der Waals surface area contributed by atoms with Gasteiger partial charge in [-0.2, -0.15) is 0 Å². The summed E-state index contributed by atoms with van der Waals surface area (Å²) in [6.07, 6.45) is 3.45. The fourth-order valence-corrected chi connectivity index (χ4v) is 2.64. The van der Waals surface area contributed by atoms with Crippen LogP contribution in [0.4, 0.5) is 11.5 Å². The first-order valence-corrected chi connectivity index (χ1v) is 9.12. The Bertz CT molecular complexity index is 1010. The minimum absolute atomic E-state index is 0.185. The molecule has 0 atom stereocenters. The van der Waals surface area contributed by atoms with Gasteiger partial charge >= 0.3 is 5.97 Å². The van der Waals surface area contributed by atoms with Crippen LogP contribution >= 0.6 is 0 Å². The van der Waals surface area contributed by atoms with Crippen LogP contribution in [-0.4, -0.2) is 33.4 Å². The summed E-state index contributed by atoms with van der Waals surface area (Å²) in [7, 11) is 0. The van der Waals surface area contributed by atoms with E-state index in [0.29, 0.717) is 23.9 Å². The van der Waals surface area contributed by atoms with Gasteiger partial charge in [-0.3, -0.25) is 9.78 Å². The highest BCUT2D eigenvalue weighted by atomic mass is 16.5. The van der Waals surface area contributed by atoms with E-state index < -0.39 is 11.9 Å². The highest BCUT2D eigenvalue weighted by Gasteiger charge is 2.16. The number of benzene rings is 1. The van der Waals surface area contributed by atoms with Crippen molar-refractivity contribution in [3.8, 4) is 0 Å². The molecule has 29 heavy (non-hydrogen) atoms. The number of anilines is 2. The van der Waals surface area contributed by atoms with E-state index in [2.05, 4.69) is 25.6 Å². The second kappa shape index (κ2) is 9.41. The van der Waals surface area contributed by atoms with Crippen molar-refractivity contribution in [3.63, 3.8) is 0 Å². The topological polar surface area (TPSA) is 106 Å². The van der Waals surface area contributed by atoms with Crippen molar-refractivity contribution < 1.29 is 14.3 Å². The van der Waals surface area contributed by atoms with Crippen molar-refractivity contribution in [2.45, 2.75) is 20.4 Å². The van der Waals surface area contributed by atoms with Crippen molar-refractivity contribution in [2.75, 3.05) is 17.2 Å². The predicted octanol–water partition coefficient (Wildman–Crippen LogP) is 3.22. The molecule has 0 aliphatic carbocycles. The summed E-state index contributed by atoms with van der Waals surface area (Å²) in [6, 6.07) is 12.0. The van der Waals surface area contributed by atoms with Crippen molar-refractivity contribution in [1.29, 1.82) is 0 Å². The second-order valence-corrected chi connectivity index (χ2v) is 6.12. The van der Waals surface area contributed by atoms with Crippen molar-refractivity contribution >= 4 is 23.4 Å². The molecule has 0 saturated carbocycles. The van der Waals surface area contributed by atoms with Crippen LogP contribution in [-0.2, 0) is 11.3 Å². The molecular formula is C21H21N5O3. The van der Waals surface area contributed by atoms with Gasteiger partial charge in [0, 0.05) is 25.0 Å². The van der Waals surface area contributed by atoms with Crippen LogP contribution in [0, 0.1) is 6.92 Å². The average molecular weight is 391 g/mol. The maximum atomic E-state index is 12.7. The van der Waals surface area contributed by atoms with Gasteiger partial charge in [-0.1, -0.05) is 18.2 Å². The van der Waals surface area contributed by atoms with Crippen molar-refractivity contribution in [2.24, 2.45) is 0 Å². The van der Waals surface area contributed by atoms with Crippen molar-refractivity contribution in [3.05, 3.63) is 77.5 Å². The van der Waals surface area contributed by atoms with Gasteiger partial charge in [-0.05, 0) is 37.6 Å². The summed E-state index contributed by atoms with van der Waals surface area (Å²) in [6.45, 7) is 4.19. The smallest absolute Gasteiger partial charge is 0.340 e. The number of para-hydroxylation sites is 1. The van der Waals surface area contributed by atoms with E-state index >= 15 is 0 Å². The van der Waals surface area contributed by atoms with E-state index in [1.807, 2.05) is 12.1 Å². The zero-order chi connectivity index (χ0) is 20.6. The molecule has 1 aromatic carbocycles. The van der Waals surface area contributed by atoms with E-state index in [1.165, 1.54) is 0 Å². The van der Waals surface area contributed by atoms with E-state index in [1.54, 1.807) is 56.6 Å². The third-order valence-corrected chi connectivity index (χ3v) is 3.94. The molecule has 0 fully saturated rings. The van der Waals surface area contributed by atoms with Gasteiger partial charge in [0.25, 0.3) is 5.91 Å². The number of nitrogens with zero attached hydrogens (tertiary/aromatic N) is 3. The number of carbonyl (C=O) groups is 2. The van der Waals surface area contributed by atoms with Gasteiger partial charge in [-0.25, -0.2) is 14.8 Å². The van der Waals surface area contributed by atoms with Gasteiger partial charge in [0.1, 0.15) is 17.3 Å². The van der Waals surface area contributed by atoms with Crippen LogP contribution < -0.4 is 10.6 Å². The number of carbonyl (C=O) groups excluding carboxylic acids is 2. The number of amides is 1. The second-order valence-electron chi connectivity index (χ2n) is 6.12. The number of nitrogens with one attached hydrogen (secondary N) is 2. The highest BCUT2D eigenvalue weighted by Crippen LogP contribution is 2.18. The SMILES string of the molecule is CCOC(=O)c1ccccc1NC(=O)c1cc(NCc2cccnc2)nc(C)n1. The molecule has 8 heteroatoms. The number of hydrogen-bond donors (Lipinski definition) is 2. The van der Waals surface area contributed by atoms with Crippen LogP contribution in [0.5, 0.6) is 0 Å². The van der Waals surface area contributed by atoms with Crippen LogP contribution in [0.15, 0.2) is 54.9 Å². The van der Waals surface area contributed by atoms with Gasteiger partial charge in [-0.15, -0.1) is 0 Å². The largest absolute Gasteiger partial charge is 0.462 e. The molecule has 2 N–H and O–H groups in total. The molecule has 0 spiro atoms. The maximum Gasteiger partial charge on any atom is 0.340 e. The van der Waals surface area contributed by atoms with E-state index in [-0.39, 0.29) is 17.9 Å². The maximum absolute atomic E-state index is 12.7. The summed E-state index contributed by atoms with van der Waals surface area (Å²) in [5, 5.41) is 5.89. The summed E-state index contributed by atoms with van der Waals surface area (Å²) < 4.78 is 5.04. The number of aromatic nitrogens is 3. The van der Waals surface area contributed by atoms with E-state index in [0.717, 1.165) is 5.56 Å². The molecule has 8 nitrogen and oxygen atoms in total. The quantitative estimate of drug-likeness (QED) is 0.596. The Hall–Kier alpha value is -3.81. The molecule has 148 valence electrons. The van der Waals surface area contributed by atoms with E-state index in [9.17, 15) is 9.59 Å². The van der Waals surface area contributed by atoms with Gasteiger partial charge in [0.05, 0.1) is 17.9 Å². The number of aryl methyl sites for hydroxylation is 1. The minimum atomic E-state index is -0.499. The molecule has 3 aromatic rings. The summed E-state index contributed by atoms with van der Waals surface area (Å²) in [5.74, 6) is 0.0213. The lowest BCUT2D eigenvalue weighted by Gasteiger charge is -2.11. The first kappa shape index (κ1) is 19.9. The fourth-order valence-electron chi connectivity index (χ4n) is 2.64. The highest BCUT2D eigenvalue weighted by molar-refractivity contribution is 6.07. The predicted molar refractivity (Wildman–Crippen MR) is 109 cm³/mol. The summed E-state index contributed by atoms with van der Waals surface area (Å²) >= 11 is 0. The molecule has 0 unspecified atom stereocenters. The summed E-state index contributed by atoms with van der Waals surface area (Å²) in [4.78, 5) is 37.4. The van der Waals surface area contributed by atoms with Crippen LogP contribution in [0.2, 0.25) is 0 Å². The third-order valence-electron chi connectivity index (χ3n) is 3.94. The Morgan fingerprint density at radius 3 is 2.69 bits per heavy atom. The number of pyridine rings is 1. The molecule has 0 aliphatic heterocycles. The zero-order valence-corrected chi connectivity index (χ0v) is 16.2. The molecular weight excluding hydrogens is 370 g/mol. The number of rotatable bonds is 7. The molecule has 2 aromatic heterocycles. The average Bonchev–Trinajstić information content (AvgIpc) is 2.73. The zero-order valence-electron chi connectivity index (χ0n) is 16.2. The molecule has 0 aliphatic rings. The monoisotopic (exact) mass is 391 g/mol. The molecule has 1 amide bonds. The van der Waals surface area contributed by atoms with Crippen LogP contribution in [0.25, 0.3) is 0 Å². The lowest BCUT2D eigenvalue weighted by Crippen LogP contribution is -2.18. The van der Waals surface area contributed by atoms with Crippen LogP contribution in [0.3, 0.4) is 0 Å². The van der Waals surface area contributed by atoms with E-state index in [4.69, 9.17) is 4.74 Å². The lowest BCUT2D eigenvalue weighted by atomic mass is 10.1. The van der Waals surface area contributed by atoms with Gasteiger partial charge in [0.15, 0.2) is 0 Å². The van der Waals surface area contributed by atoms with Crippen LogP contribution in [0.1, 0.15) is 39.2 Å². The standard InChI is InChI=1S/C21H21N5O3/c1-3-29-21(28)16-8-4-5-9-17(16)26-20(27)18-11-19(25-14(2)24-18)23-13-15-7-6-10-22-12-15/h4-12H,3,13H2,1-2H3,(H,26,27)(H,23,24,25). The Morgan fingerprint density at radius 1 is 1.10 bits per heavy atom. The number of ether oxygens (including phenoxy) is 1. The first-order chi connectivity index (χ1) is 14.1. The first-order valence-electron chi connectivity index (χ1n) is 9.12. The number of esters is 1. The Morgan fingerprint density at radius 2 is 1.93 bits per heavy atom.